The van der Waals surface area contributed by atoms with Gasteiger partial charge in [0.2, 0.25) is 0 Å². The van der Waals surface area contributed by atoms with Gasteiger partial charge < -0.3 is 4.84 Å². The van der Waals surface area contributed by atoms with Gasteiger partial charge in [-0.15, -0.1) is 5.06 Å². The van der Waals surface area contributed by atoms with Crippen LogP contribution in [0.5, 0.6) is 0 Å². The first-order chi connectivity index (χ1) is 9.29. The molecule has 8 heteroatoms. The van der Waals surface area contributed by atoms with E-state index in [1.165, 1.54) is 0 Å². The molecule has 3 nitrogen and oxygen atoms in total. The molecular weight excluding hydrogens is 285 g/mol. The maximum absolute atomic E-state index is 13.6. The zero-order valence-electron chi connectivity index (χ0n) is 10.1. The van der Waals surface area contributed by atoms with Crippen molar-refractivity contribution in [2.45, 2.75) is 25.1 Å². The minimum atomic E-state index is -5.13. The highest BCUT2D eigenvalue weighted by Gasteiger charge is 2.44. The highest BCUT2D eigenvalue weighted by atomic mass is 19.4. The minimum Gasteiger partial charge on any atom is -0.360 e. The summed E-state index contributed by atoms with van der Waals surface area (Å²) in [7, 11) is 0. The lowest BCUT2D eigenvalue weighted by Gasteiger charge is -2.24. The van der Waals surface area contributed by atoms with Crippen LogP contribution in [0.15, 0.2) is 18.2 Å². The summed E-state index contributed by atoms with van der Waals surface area (Å²) in [6.45, 7) is 0.0302. The third kappa shape index (κ3) is 3.06. The van der Waals surface area contributed by atoms with Gasteiger partial charge >= 0.3 is 12.1 Å². The van der Waals surface area contributed by atoms with Crippen LogP contribution in [0.25, 0.3) is 0 Å². The highest BCUT2D eigenvalue weighted by Crippen LogP contribution is 2.34. The van der Waals surface area contributed by atoms with E-state index in [0.717, 1.165) is 23.3 Å². The van der Waals surface area contributed by atoms with Crippen LogP contribution in [0.2, 0.25) is 0 Å². The first-order valence-electron chi connectivity index (χ1n) is 5.80. The molecule has 1 aromatic rings. The number of halogens is 5. The summed E-state index contributed by atoms with van der Waals surface area (Å²) in [5, 5.41) is 0.744. The van der Waals surface area contributed by atoms with Crippen LogP contribution in [0.1, 0.15) is 24.4 Å². The largest absolute Gasteiger partial charge is 0.492 e. The average molecular weight is 295 g/mol. The quantitative estimate of drug-likeness (QED) is 0.785. The molecule has 1 aliphatic heterocycles. The minimum absolute atomic E-state index is 0.0302. The number of alkyl halides is 3. The molecule has 0 amide bonds. The lowest BCUT2D eigenvalue weighted by Crippen LogP contribution is -2.34. The number of carbonyl (C=O) groups excluding carboxylic acids is 1. The van der Waals surface area contributed by atoms with E-state index >= 15 is 0 Å². The van der Waals surface area contributed by atoms with E-state index in [9.17, 15) is 26.7 Å². The van der Waals surface area contributed by atoms with Gasteiger partial charge in [0.05, 0.1) is 6.04 Å². The SMILES string of the molecule is O=C(ON1CCCC1c1cc(F)ccc1F)C(F)(F)F. The second-order valence-corrected chi connectivity index (χ2v) is 4.34. The molecule has 0 aromatic heterocycles. The van der Waals surface area contributed by atoms with Crippen molar-refractivity contribution in [2.24, 2.45) is 0 Å². The normalized spacial score (nSPS) is 20.1. The van der Waals surface area contributed by atoms with Crippen LogP contribution >= 0.6 is 0 Å². The molecule has 0 bridgehead atoms. The van der Waals surface area contributed by atoms with Crippen molar-refractivity contribution in [1.82, 2.24) is 5.06 Å². The maximum Gasteiger partial charge on any atom is 0.492 e. The van der Waals surface area contributed by atoms with Gasteiger partial charge in [-0.05, 0) is 31.0 Å². The lowest BCUT2D eigenvalue weighted by molar-refractivity contribution is -0.242. The summed E-state index contributed by atoms with van der Waals surface area (Å²) < 4.78 is 63.1. The molecule has 1 unspecified atom stereocenters. The standard InChI is InChI=1S/C12H10F5NO2/c13-7-3-4-9(14)8(6-7)10-2-1-5-18(10)20-11(19)12(15,16)17/h3-4,6,10H,1-2,5H2. The number of rotatable bonds is 2. The molecule has 0 N–H and O–H groups in total. The predicted octanol–water partition coefficient (Wildman–Crippen LogP) is 3.12. The Morgan fingerprint density at radius 1 is 1.30 bits per heavy atom. The Bertz CT molecular complexity index is 517. The molecule has 1 heterocycles. The van der Waals surface area contributed by atoms with Gasteiger partial charge in [0.25, 0.3) is 0 Å². The van der Waals surface area contributed by atoms with Gasteiger partial charge in [-0.2, -0.15) is 13.2 Å². The molecule has 1 atom stereocenters. The second kappa shape index (κ2) is 5.35. The monoisotopic (exact) mass is 295 g/mol. The van der Waals surface area contributed by atoms with Crippen molar-refractivity contribution >= 4 is 5.97 Å². The van der Waals surface area contributed by atoms with Crippen LogP contribution in [0, 0.1) is 11.6 Å². The van der Waals surface area contributed by atoms with E-state index in [1.54, 1.807) is 0 Å². The molecule has 110 valence electrons. The Kier molecular flexibility index (Phi) is 3.94. The van der Waals surface area contributed by atoms with E-state index in [4.69, 9.17) is 0 Å². The number of hydrogen-bond acceptors (Lipinski definition) is 3. The molecule has 1 aromatic carbocycles. The predicted molar refractivity (Wildman–Crippen MR) is 57.2 cm³/mol. The fourth-order valence-corrected chi connectivity index (χ4v) is 2.09. The summed E-state index contributed by atoms with van der Waals surface area (Å²) in [5.74, 6) is -3.84. The van der Waals surface area contributed by atoms with Crippen LogP contribution in [-0.4, -0.2) is 23.8 Å². The Hall–Kier alpha value is -1.70. The number of hydrogen-bond donors (Lipinski definition) is 0. The molecule has 1 fully saturated rings. The summed E-state index contributed by atoms with van der Waals surface area (Å²) >= 11 is 0. The molecular formula is C12H10F5NO2. The smallest absolute Gasteiger partial charge is 0.360 e. The Labute approximate surface area is 110 Å². The van der Waals surface area contributed by atoms with Crippen LogP contribution in [0.3, 0.4) is 0 Å². The zero-order valence-corrected chi connectivity index (χ0v) is 10.1. The molecule has 20 heavy (non-hydrogen) atoms. The van der Waals surface area contributed by atoms with Crippen LogP contribution in [0.4, 0.5) is 22.0 Å². The van der Waals surface area contributed by atoms with Crippen molar-refractivity contribution in [3.05, 3.63) is 35.4 Å². The number of carbonyl (C=O) groups is 1. The van der Waals surface area contributed by atoms with E-state index in [-0.39, 0.29) is 18.5 Å². The van der Waals surface area contributed by atoms with Crippen LogP contribution < -0.4 is 0 Å². The van der Waals surface area contributed by atoms with Crippen molar-refractivity contribution in [2.75, 3.05) is 6.54 Å². The van der Waals surface area contributed by atoms with Gasteiger partial charge in [-0.1, -0.05) is 0 Å². The summed E-state index contributed by atoms with van der Waals surface area (Å²) in [5.41, 5.74) is -0.127. The first kappa shape index (κ1) is 14.7. The number of benzene rings is 1. The van der Waals surface area contributed by atoms with E-state index < -0.39 is 29.8 Å². The molecule has 0 spiro atoms. The van der Waals surface area contributed by atoms with Gasteiger partial charge in [0.1, 0.15) is 11.6 Å². The Morgan fingerprint density at radius 3 is 2.65 bits per heavy atom. The van der Waals surface area contributed by atoms with E-state index in [0.29, 0.717) is 6.42 Å². The third-order valence-corrected chi connectivity index (χ3v) is 2.95. The van der Waals surface area contributed by atoms with Crippen molar-refractivity contribution in [3.63, 3.8) is 0 Å². The van der Waals surface area contributed by atoms with Gasteiger partial charge in [0.15, 0.2) is 0 Å². The maximum atomic E-state index is 13.6. The fraction of sp³-hybridized carbons (Fsp3) is 0.417. The van der Waals surface area contributed by atoms with Gasteiger partial charge in [-0.25, -0.2) is 13.6 Å². The van der Waals surface area contributed by atoms with Gasteiger partial charge in [0, 0.05) is 12.1 Å². The highest BCUT2D eigenvalue weighted by molar-refractivity contribution is 5.75. The lowest BCUT2D eigenvalue weighted by atomic mass is 10.0. The van der Waals surface area contributed by atoms with Crippen molar-refractivity contribution in [1.29, 1.82) is 0 Å². The number of hydroxylamine groups is 2. The van der Waals surface area contributed by atoms with Gasteiger partial charge in [-0.3, -0.25) is 0 Å². The number of nitrogens with zero attached hydrogens (tertiary/aromatic N) is 1. The fourth-order valence-electron chi connectivity index (χ4n) is 2.09. The molecule has 0 aliphatic carbocycles. The van der Waals surface area contributed by atoms with Crippen molar-refractivity contribution < 1.29 is 31.6 Å². The second-order valence-electron chi connectivity index (χ2n) is 4.34. The summed E-state index contributed by atoms with van der Waals surface area (Å²) in [6, 6.07) is 1.75. The molecule has 1 saturated heterocycles. The Balaban J connectivity index is 2.19. The van der Waals surface area contributed by atoms with E-state index in [2.05, 4.69) is 4.84 Å². The van der Waals surface area contributed by atoms with E-state index in [1.807, 2.05) is 0 Å². The molecule has 1 aliphatic rings. The molecule has 0 radical (unpaired) electrons. The summed E-state index contributed by atoms with van der Waals surface area (Å²) in [6.07, 6.45) is -4.45. The third-order valence-electron chi connectivity index (χ3n) is 2.95. The molecule has 0 saturated carbocycles. The molecule has 2 rings (SSSR count). The van der Waals surface area contributed by atoms with Crippen molar-refractivity contribution in [3.8, 4) is 0 Å². The zero-order chi connectivity index (χ0) is 14.9. The average Bonchev–Trinajstić information content (AvgIpc) is 2.79. The topological polar surface area (TPSA) is 29.5 Å². The first-order valence-corrected chi connectivity index (χ1v) is 5.80. The Morgan fingerprint density at radius 2 is 2.00 bits per heavy atom. The summed E-state index contributed by atoms with van der Waals surface area (Å²) in [4.78, 5) is 15.0. The van der Waals surface area contributed by atoms with Crippen LogP contribution in [-0.2, 0) is 9.63 Å².